The highest BCUT2D eigenvalue weighted by molar-refractivity contribution is 5.76. The van der Waals surface area contributed by atoms with Crippen molar-refractivity contribution < 1.29 is 18.4 Å². The molecule has 0 amide bonds. The number of hydrogen-bond acceptors (Lipinski definition) is 3. The number of hydrogen-bond donors (Lipinski definition) is 1. The highest BCUT2D eigenvalue weighted by Gasteiger charge is 2.30. The number of halogens is 3. The standard InChI is InChI=1S/C7H5F3N2O/c8-7(9,10)5-1-2-11-6(3-5)4-12-13/h1-4,13H. The first-order valence-corrected chi connectivity index (χ1v) is 3.24. The van der Waals surface area contributed by atoms with Crippen molar-refractivity contribution in [3.63, 3.8) is 0 Å². The van der Waals surface area contributed by atoms with Crippen LogP contribution in [0.3, 0.4) is 0 Å². The van der Waals surface area contributed by atoms with Crippen molar-refractivity contribution in [3.05, 3.63) is 29.6 Å². The fraction of sp³-hybridized carbons (Fsp3) is 0.143. The van der Waals surface area contributed by atoms with Crippen LogP contribution in [0.4, 0.5) is 13.2 Å². The van der Waals surface area contributed by atoms with Crippen LogP contribution in [0.5, 0.6) is 0 Å². The van der Waals surface area contributed by atoms with Crippen LogP contribution in [0.1, 0.15) is 11.3 Å². The van der Waals surface area contributed by atoms with Gasteiger partial charge in [-0.1, -0.05) is 5.16 Å². The zero-order valence-electron chi connectivity index (χ0n) is 6.28. The predicted octanol–water partition coefficient (Wildman–Crippen LogP) is 1.91. The van der Waals surface area contributed by atoms with Crippen molar-refractivity contribution in [2.24, 2.45) is 5.16 Å². The van der Waals surface area contributed by atoms with E-state index in [2.05, 4.69) is 10.1 Å². The van der Waals surface area contributed by atoms with Crippen LogP contribution >= 0.6 is 0 Å². The third-order valence-electron chi connectivity index (χ3n) is 1.30. The minimum atomic E-state index is -4.40. The smallest absolute Gasteiger partial charge is 0.411 e. The molecule has 13 heavy (non-hydrogen) atoms. The molecule has 0 saturated carbocycles. The number of nitrogens with zero attached hydrogens (tertiary/aromatic N) is 2. The summed E-state index contributed by atoms with van der Waals surface area (Å²) in [6.45, 7) is 0. The van der Waals surface area contributed by atoms with Gasteiger partial charge in [0.1, 0.15) is 0 Å². The maximum Gasteiger partial charge on any atom is 0.416 e. The molecule has 0 aliphatic rings. The molecule has 0 saturated heterocycles. The van der Waals surface area contributed by atoms with Gasteiger partial charge in [0.05, 0.1) is 17.5 Å². The summed E-state index contributed by atoms with van der Waals surface area (Å²) in [5.41, 5.74) is -0.866. The first kappa shape index (κ1) is 9.50. The van der Waals surface area contributed by atoms with E-state index >= 15 is 0 Å². The maximum atomic E-state index is 12.1. The molecule has 0 aliphatic carbocycles. The third kappa shape index (κ3) is 2.43. The molecule has 1 heterocycles. The van der Waals surface area contributed by atoms with Crippen LogP contribution in [0.25, 0.3) is 0 Å². The van der Waals surface area contributed by atoms with Crippen molar-refractivity contribution >= 4 is 6.21 Å². The maximum absolute atomic E-state index is 12.1. The van der Waals surface area contributed by atoms with Gasteiger partial charge in [-0.05, 0) is 12.1 Å². The topological polar surface area (TPSA) is 45.5 Å². The molecule has 0 unspecified atom stereocenters. The molecule has 1 aromatic heterocycles. The zero-order chi connectivity index (χ0) is 9.90. The summed E-state index contributed by atoms with van der Waals surface area (Å²) in [6, 6.07) is 1.63. The molecule has 1 N–H and O–H groups in total. The van der Waals surface area contributed by atoms with Gasteiger partial charge in [-0.15, -0.1) is 0 Å². The Kier molecular flexibility index (Phi) is 2.50. The number of rotatable bonds is 1. The monoisotopic (exact) mass is 190 g/mol. The Hall–Kier alpha value is -1.59. The Morgan fingerprint density at radius 2 is 2.15 bits per heavy atom. The van der Waals surface area contributed by atoms with E-state index in [1.165, 1.54) is 0 Å². The summed E-state index contributed by atoms with van der Waals surface area (Å²) >= 11 is 0. The van der Waals surface area contributed by atoms with Crippen LogP contribution in [-0.4, -0.2) is 16.4 Å². The summed E-state index contributed by atoms with van der Waals surface area (Å²) in [7, 11) is 0. The summed E-state index contributed by atoms with van der Waals surface area (Å²) in [5.74, 6) is 0. The van der Waals surface area contributed by atoms with Crippen molar-refractivity contribution in [1.29, 1.82) is 0 Å². The molecule has 6 heteroatoms. The quantitative estimate of drug-likeness (QED) is 0.417. The Bertz CT molecular complexity index is 322. The van der Waals surface area contributed by atoms with E-state index in [0.717, 1.165) is 24.5 Å². The van der Waals surface area contributed by atoms with Gasteiger partial charge in [0.2, 0.25) is 0 Å². The molecule has 0 aromatic carbocycles. The van der Waals surface area contributed by atoms with Gasteiger partial charge in [0, 0.05) is 6.20 Å². The van der Waals surface area contributed by atoms with E-state index in [1.54, 1.807) is 0 Å². The first-order valence-electron chi connectivity index (χ1n) is 3.24. The molecule has 0 fully saturated rings. The van der Waals surface area contributed by atoms with Crippen molar-refractivity contribution in [2.45, 2.75) is 6.18 Å². The molecule has 1 aromatic rings. The summed E-state index contributed by atoms with van der Waals surface area (Å²) in [4.78, 5) is 3.53. The molecule has 3 nitrogen and oxygen atoms in total. The SMILES string of the molecule is ON=Cc1cc(C(F)(F)F)ccn1. The Labute approximate surface area is 71.5 Å². The number of oxime groups is 1. The van der Waals surface area contributed by atoms with E-state index in [-0.39, 0.29) is 5.69 Å². The minimum Gasteiger partial charge on any atom is -0.411 e. The highest BCUT2D eigenvalue weighted by Crippen LogP contribution is 2.28. The predicted molar refractivity (Wildman–Crippen MR) is 38.6 cm³/mol. The second kappa shape index (κ2) is 3.42. The Morgan fingerprint density at radius 3 is 2.69 bits per heavy atom. The molecular formula is C7H5F3N2O. The Morgan fingerprint density at radius 1 is 1.46 bits per heavy atom. The third-order valence-corrected chi connectivity index (χ3v) is 1.30. The lowest BCUT2D eigenvalue weighted by Crippen LogP contribution is -2.05. The van der Waals surface area contributed by atoms with Gasteiger partial charge in [-0.3, -0.25) is 4.98 Å². The average molecular weight is 190 g/mol. The summed E-state index contributed by atoms with van der Waals surface area (Å²) in [6.07, 6.45) is -2.57. The molecule has 1 rings (SSSR count). The average Bonchev–Trinajstić information content (AvgIpc) is 2.04. The van der Waals surface area contributed by atoms with Gasteiger partial charge in [-0.2, -0.15) is 13.2 Å². The summed E-state index contributed by atoms with van der Waals surface area (Å²) in [5, 5.41) is 10.6. The lowest BCUT2D eigenvalue weighted by molar-refractivity contribution is -0.137. The number of alkyl halides is 3. The largest absolute Gasteiger partial charge is 0.416 e. The lowest BCUT2D eigenvalue weighted by Gasteiger charge is -2.05. The van der Waals surface area contributed by atoms with Crippen LogP contribution in [0.2, 0.25) is 0 Å². The second-order valence-corrected chi connectivity index (χ2v) is 2.21. The van der Waals surface area contributed by atoms with Crippen LogP contribution in [0.15, 0.2) is 23.5 Å². The van der Waals surface area contributed by atoms with E-state index in [9.17, 15) is 13.2 Å². The minimum absolute atomic E-state index is 0.0441. The molecule has 70 valence electrons. The van der Waals surface area contributed by atoms with Gasteiger partial charge in [0.25, 0.3) is 0 Å². The molecule has 0 radical (unpaired) electrons. The molecular weight excluding hydrogens is 185 g/mol. The van der Waals surface area contributed by atoms with Crippen molar-refractivity contribution in [1.82, 2.24) is 4.98 Å². The first-order chi connectivity index (χ1) is 6.04. The van der Waals surface area contributed by atoms with E-state index in [4.69, 9.17) is 5.21 Å². The van der Waals surface area contributed by atoms with Crippen LogP contribution in [0, 0.1) is 0 Å². The van der Waals surface area contributed by atoms with Crippen LogP contribution < -0.4 is 0 Å². The van der Waals surface area contributed by atoms with Gasteiger partial charge in [-0.25, -0.2) is 0 Å². The van der Waals surface area contributed by atoms with E-state index in [1.807, 2.05) is 0 Å². The van der Waals surface area contributed by atoms with Gasteiger partial charge in [0.15, 0.2) is 0 Å². The van der Waals surface area contributed by atoms with E-state index in [0.29, 0.717) is 0 Å². The van der Waals surface area contributed by atoms with Crippen LogP contribution in [-0.2, 0) is 6.18 Å². The summed E-state index contributed by atoms with van der Waals surface area (Å²) < 4.78 is 36.2. The molecule has 0 aliphatic heterocycles. The highest BCUT2D eigenvalue weighted by atomic mass is 19.4. The number of aromatic nitrogens is 1. The van der Waals surface area contributed by atoms with Crippen molar-refractivity contribution in [2.75, 3.05) is 0 Å². The van der Waals surface area contributed by atoms with E-state index < -0.39 is 11.7 Å². The molecule has 0 atom stereocenters. The fourth-order valence-corrected chi connectivity index (χ4v) is 0.754. The second-order valence-electron chi connectivity index (χ2n) is 2.21. The normalized spacial score (nSPS) is 12.2. The zero-order valence-corrected chi connectivity index (χ0v) is 6.28. The van der Waals surface area contributed by atoms with Gasteiger partial charge >= 0.3 is 6.18 Å². The Balaban J connectivity index is 3.05. The fourth-order valence-electron chi connectivity index (χ4n) is 0.754. The van der Waals surface area contributed by atoms with Gasteiger partial charge < -0.3 is 5.21 Å². The lowest BCUT2D eigenvalue weighted by atomic mass is 10.2. The molecule has 0 spiro atoms. The molecule has 0 bridgehead atoms. The number of pyridine rings is 1. The van der Waals surface area contributed by atoms with Crippen molar-refractivity contribution in [3.8, 4) is 0 Å².